The molecule has 2 amide bonds. The van der Waals surface area contributed by atoms with Gasteiger partial charge in [-0.1, -0.05) is 18.2 Å². The van der Waals surface area contributed by atoms with Crippen molar-refractivity contribution >= 4 is 29.2 Å². The number of hydrogen-bond donors (Lipinski definition) is 0. The van der Waals surface area contributed by atoms with Crippen LogP contribution in [0.3, 0.4) is 0 Å². The molecule has 110 valence electrons. The Bertz CT molecular complexity index is 751. The van der Waals surface area contributed by atoms with Gasteiger partial charge in [0, 0.05) is 9.75 Å². The SMILES string of the molecule is O=C1c2ccccc2C(=O)N1Cc1ccc(C=CC2CC2)s1. The first-order valence-corrected chi connectivity index (χ1v) is 8.26. The first-order valence-electron chi connectivity index (χ1n) is 7.44. The highest BCUT2D eigenvalue weighted by atomic mass is 32.1. The molecular weight excluding hydrogens is 294 g/mol. The summed E-state index contributed by atoms with van der Waals surface area (Å²) in [6.45, 7) is 0.355. The van der Waals surface area contributed by atoms with E-state index in [4.69, 9.17) is 0 Å². The minimum absolute atomic E-state index is 0.191. The van der Waals surface area contributed by atoms with Crippen LogP contribution in [-0.4, -0.2) is 16.7 Å². The lowest BCUT2D eigenvalue weighted by Crippen LogP contribution is -2.28. The number of fused-ring (bicyclic) bond motifs is 1. The summed E-state index contributed by atoms with van der Waals surface area (Å²) in [5.41, 5.74) is 1.02. The zero-order valence-corrected chi connectivity index (χ0v) is 12.8. The molecular formula is C18H15NO2S. The standard InChI is InChI=1S/C18H15NO2S/c20-17-15-3-1-2-4-16(15)18(21)19(17)11-14-10-9-13(22-14)8-7-12-5-6-12/h1-4,7-10,12H,5-6,11H2. The lowest BCUT2D eigenvalue weighted by molar-refractivity contribution is 0.0644. The molecule has 22 heavy (non-hydrogen) atoms. The van der Waals surface area contributed by atoms with Crippen molar-refractivity contribution in [2.75, 3.05) is 0 Å². The van der Waals surface area contributed by atoms with E-state index < -0.39 is 0 Å². The predicted molar refractivity (Wildman–Crippen MR) is 86.7 cm³/mol. The first-order chi connectivity index (χ1) is 10.7. The Kier molecular flexibility index (Phi) is 3.19. The summed E-state index contributed by atoms with van der Waals surface area (Å²) in [4.78, 5) is 28.2. The largest absolute Gasteiger partial charge is 0.269 e. The van der Waals surface area contributed by atoms with E-state index in [1.807, 2.05) is 6.07 Å². The van der Waals surface area contributed by atoms with Crippen LogP contribution in [0.2, 0.25) is 0 Å². The minimum atomic E-state index is -0.191. The topological polar surface area (TPSA) is 37.4 Å². The molecule has 4 rings (SSSR count). The average Bonchev–Trinajstić information content (AvgIpc) is 3.22. The maximum atomic E-state index is 12.3. The van der Waals surface area contributed by atoms with Crippen LogP contribution in [0.5, 0.6) is 0 Å². The Balaban J connectivity index is 1.52. The van der Waals surface area contributed by atoms with Gasteiger partial charge in [-0.05, 0) is 49.1 Å². The molecule has 1 aromatic heterocycles. The van der Waals surface area contributed by atoms with Gasteiger partial charge in [0.25, 0.3) is 11.8 Å². The Labute approximate surface area is 132 Å². The van der Waals surface area contributed by atoms with Crippen molar-refractivity contribution in [1.82, 2.24) is 4.90 Å². The fourth-order valence-electron chi connectivity index (χ4n) is 2.63. The molecule has 2 heterocycles. The number of carbonyl (C=O) groups is 2. The number of benzene rings is 1. The molecule has 4 heteroatoms. The van der Waals surface area contributed by atoms with Crippen molar-refractivity contribution in [2.45, 2.75) is 19.4 Å². The Morgan fingerprint density at radius 1 is 1.05 bits per heavy atom. The van der Waals surface area contributed by atoms with Crippen LogP contribution in [0, 0.1) is 5.92 Å². The third-order valence-corrected chi connectivity index (χ3v) is 5.06. The second-order valence-electron chi connectivity index (χ2n) is 5.74. The van der Waals surface area contributed by atoms with Crippen molar-refractivity contribution in [2.24, 2.45) is 5.92 Å². The van der Waals surface area contributed by atoms with E-state index in [-0.39, 0.29) is 11.8 Å². The monoisotopic (exact) mass is 309 g/mol. The summed E-state index contributed by atoms with van der Waals surface area (Å²) in [6.07, 6.45) is 6.99. The van der Waals surface area contributed by atoms with Crippen molar-refractivity contribution in [3.8, 4) is 0 Å². The van der Waals surface area contributed by atoms with Crippen molar-refractivity contribution in [1.29, 1.82) is 0 Å². The quantitative estimate of drug-likeness (QED) is 0.801. The van der Waals surface area contributed by atoms with Gasteiger partial charge in [-0.2, -0.15) is 0 Å². The van der Waals surface area contributed by atoms with Gasteiger partial charge in [0.1, 0.15) is 0 Å². The molecule has 1 aliphatic carbocycles. The van der Waals surface area contributed by atoms with Gasteiger partial charge in [0.05, 0.1) is 17.7 Å². The molecule has 0 N–H and O–H groups in total. The van der Waals surface area contributed by atoms with Gasteiger partial charge < -0.3 is 0 Å². The van der Waals surface area contributed by atoms with Crippen LogP contribution >= 0.6 is 11.3 Å². The molecule has 3 nitrogen and oxygen atoms in total. The maximum absolute atomic E-state index is 12.3. The highest BCUT2D eigenvalue weighted by Crippen LogP contribution is 2.32. The average molecular weight is 309 g/mol. The second-order valence-corrected chi connectivity index (χ2v) is 6.94. The zero-order valence-electron chi connectivity index (χ0n) is 12.0. The van der Waals surface area contributed by atoms with E-state index >= 15 is 0 Å². The van der Waals surface area contributed by atoms with Crippen molar-refractivity contribution in [3.05, 3.63) is 63.4 Å². The smallest absolute Gasteiger partial charge is 0.261 e. The van der Waals surface area contributed by atoms with Gasteiger partial charge in [0.15, 0.2) is 0 Å². The predicted octanol–water partition coefficient (Wildman–Crippen LogP) is 3.97. The minimum Gasteiger partial charge on any atom is -0.269 e. The molecule has 0 saturated heterocycles. The van der Waals surface area contributed by atoms with Crippen molar-refractivity contribution in [3.63, 3.8) is 0 Å². The third-order valence-electron chi connectivity index (χ3n) is 4.03. The number of thiophene rings is 1. The van der Waals surface area contributed by atoms with Crippen LogP contribution in [0.25, 0.3) is 6.08 Å². The molecule has 0 radical (unpaired) electrons. The number of carbonyl (C=O) groups excluding carboxylic acids is 2. The van der Waals surface area contributed by atoms with Crippen LogP contribution in [-0.2, 0) is 6.54 Å². The number of rotatable bonds is 4. The Morgan fingerprint density at radius 3 is 2.36 bits per heavy atom. The molecule has 1 aliphatic heterocycles. The number of imide groups is 1. The molecule has 1 fully saturated rings. The highest BCUT2D eigenvalue weighted by molar-refractivity contribution is 7.12. The molecule has 0 unspecified atom stereocenters. The number of nitrogens with zero attached hydrogens (tertiary/aromatic N) is 1. The Hall–Kier alpha value is -2.20. The number of allylic oxidation sites excluding steroid dienone is 1. The molecule has 2 aliphatic rings. The summed E-state index contributed by atoms with van der Waals surface area (Å²) in [7, 11) is 0. The normalized spacial score (nSPS) is 17.5. The molecule has 0 bridgehead atoms. The van der Waals surface area contributed by atoms with Crippen LogP contribution in [0.1, 0.15) is 43.3 Å². The van der Waals surface area contributed by atoms with Gasteiger partial charge in [-0.3, -0.25) is 14.5 Å². The van der Waals surface area contributed by atoms with E-state index in [2.05, 4.69) is 18.2 Å². The summed E-state index contributed by atoms with van der Waals surface area (Å²) in [5.74, 6) is 0.370. The van der Waals surface area contributed by atoms with E-state index in [1.54, 1.807) is 35.6 Å². The maximum Gasteiger partial charge on any atom is 0.261 e. The molecule has 0 atom stereocenters. The first kappa shape index (κ1) is 13.5. The van der Waals surface area contributed by atoms with Gasteiger partial charge in [-0.25, -0.2) is 0 Å². The zero-order chi connectivity index (χ0) is 15.1. The highest BCUT2D eigenvalue weighted by Gasteiger charge is 2.35. The van der Waals surface area contributed by atoms with Crippen molar-refractivity contribution < 1.29 is 9.59 Å². The van der Waals surface area contributed by atoms with Gasteiger partial charge in [0.2, 0.25) is 0 Å². The second kappa shape index (κ2) is 5.21. The number of hydrogen-bond acceptors (Lipinski definition) is 3. The molecule has 1 aromatic carbocycles. The van der Waals surface area contributed by atoms with Crippen LogP contribution in [0.4, 0.5) is 0 Å². The third kappa shape index (κ3) is 2.40. The summed E-state index contributed by atoms with van der Waals surface area (Å²) in [5, 5.41) is 0. The fourth-order valence-corrected chi connectivity index (χ4v) is 3.54. The van der Waals surface area contributed by atoms with Gasteiger partial charge in [-0.15, -0.1) is 11.3 Å². The Morgan fingerprint density at radius 2 is 1.73 bits per heavy atom. The van der Waals surface area contributed by atoms with E-state index in [9.17, 15) is 9.59 Å². The van der Waals surface area contributed by atoms with E-state index in [1.165, 1.54) is 22.6 Å². The molecule has 1 saturated carbocycles. The van der Waals surface area contributed by atoms with E-state index in [0.717, 1.165) is 10.8 Å². The van der Waals surface area contributed by atoms with Gasteiger partial charge >= 0.3 is 0 Å². The molecule has 2 aromatic rings. The van der Waals surface area contributed by atoms with Crippen LogP contribution in [0.15, 0.2) is 42.5 Å². The van der Waals surface area contributed by atoms with E-state index in [0.29, 0.717) is 17.7 Å². The summed E-state index contributed by atoms with van der Waals surface area (Å²) < 4.78 is 0. The lowest BCUT2D eigenvalue weighted by atomic mass is 10.1. The van der Waals surface area contributed by atoms with Crippen LogP contribution < -0.4 is 0 Å². The lowest BCUT2D eigenvalue weighted by Gasteiger charge is -2.11. The summed E-state index contributed by atoms with van der Waals surface area (Å²) >= 11 is 1.64. The fraction of sp³-hybridized carbons (Fsp3) is 0.222. The number of amides is 2. The summed E-state index contributed by atoms with van der Waals surface area (Å²) in [6, 6.07) is 11.1. The molecule has 0 spiro atoms.